The summed E-state index contributed by atoms with van der Waals surface area (Å²) < 4.78 is 63.5. The highest BCUT2D eigenvalue weighted by molar-refractivity contribution is 5.82. The quantitative estimate of drug-likeness (QED) is 0.0336. The van der Waals surface area contributed by atoms with E-state index >= 15 is 0 Å². The van der Waals surface area contributed by atoms with Crippen LogP contribution in [0.2, 0.25) is 0 Å². The third kappa shape index (κ3) is 54.4. The zero-order chi connectivity index (χ0) is 73.5. The van der Waals surface area contributed by atoms with Crippen LogP contribution < -0.4 is 0 Å². The van der Waals surface area contributed by atoms with Gasteiger partial charge in [-0.1, -0.05) is 33.1 Å². The summed E-state index contributed by atoms with van der Waals surface area (Å²) in [5.74, 6) is -5.29. The van der Waals surface area contributed by atoms with Gasteiger partial charge in [-0.15, -0.1) is 0 Å². The van der Waals surface area contributed by atoms with Gasteiger partial charge >= 0.3 is 71.6 Å². The maximum atomic E-state index is 12.9. The highest BCUT2D eigenvalue weighted by Gasteiger charge is 2.38. The zero-order valence-electron chi connectivity index (χ0n) is 61.4. The summed E-state index contributed by atoms with van der Waals surface area (Å²) in [5.41, 5.74) is -0.689. The number of hydrogen-bond acceptors (Lipinski definition) is 25. The van der Waals surface area contributed by atoms with Crippen molar-refractivity contribution in [3.05, 3.63) is 0 Å². The van der Waals surface area contributed by atoms with Gasteiger partial charge in [0.05, 0.1) is 83.3 Å². The van der Waals surface area contributed by atoms with Crippen LogP contribution in [0.5, 0.6) is 0 Å². The molecule has 3 unspecified atom stereocenters. The van der Waals surface area contributed by atoms with Crippen molar-refractivity contribution in [3.63, 3.8) is 0 Å². The zero-order valence-corrected chi connectivity index (χ0v) is 61.4. The molecule has 0 amide bonds. The molecule has 576 valence electrons. The Kier molecular flexibility index (Phi) is 57.2. The summed E-state index contributed by atoms with van der Waals surface area (Å²) in [6, 6.07) is 0. The van der Waals surface area contributed by atoms with Gasteiger partial charge < -0.3 is 61.9 Å². The van der Waals surface area contributed by atoms with Gasteiger partial charge in [-0.25, -0.2) is 0 Å². The van der Waals surface area contributed by atoms with Crippen molar-refractivity contribution in [2.45, 2.75) is 310 Å². The van der Waals surface area contributed by atoms with Crippen molar-refractivity contribution in [2.24, 2.45) is 17.3 Å². The molecule has 1 fully saturated rings. The third-order valence-corrected chi connectivity index (χ3v) is 17.0. The second-order valence-electron chi connectivity index (χ2n) is 26.4. The fraction of sp³-hybridized carbons (Fsp3) is 0.840. The monoisotopic (exact) mass is 1430 g/mol. The molecule has 100 heavy (non-hydrogen) atoms. The molecule has 1 saturated carbocycles. The predicted octanol–water partition coefficient (Wildman–Crippen LogP) is 13.0. The topological polar surface area (TPSA) is 336 Å². The molecule has 0 aliphatic heterocycles. The Hall–Kier alpha value is -6.40. The lowest BCUT2D eigenvalue weighted by Crippen LogP contribution is -2.37. The first kappa shape index (κ1) is 91.6. The number of aliphatic hydroxyl groups is 1. The minimum atomic E-state index is -1.19. The lowest BCUT2D eigenvalue weighted by Gasteiger charge is -2.28. The fourth-order valence-corrected chi connectivity index (χ4v) is 10.2. The number of hydrogen-bond donors (Lipinski definition) is 1. The summed E-state index contributed by atoms with van der Waals surface area (Å²) in [6.07, 6.45) is 24.1. The second-order valence-corrected chi connectivity index (χ2v) is 26.4. The van der Waals surface area contributed by atoms with E-state index in [4.69, 9.17) is 56.8 Å². The lowest BCUT2D eigenvalue weighted by atomic mass is 9.79. The van der Waals surface area contributed by atoms with Crippen molar-refractivity contribution in [3.8, 4) is 0 Å². The minimum Gasteiger partial charge on any atom is -0.466 e. The molecule has 0 bridgehead atoms. The van der Waals surface area contributed by atoms with Gasteiger partial charge in [-0.3, -0.25) is 57.5 Å². The largest absolute Gasteiger partial charge is 0.466 e. The molecule has 0 aromatic rings. The normalized spacial score (nSPS) is 13.8. The Balaban J connectivity index is 1.87. The predicted molar refractivity (Wildman–Crippen MR) is 368 cm³/mol. The number of carbonyl (C=O) groups is 12. The number of carbonyl (C=O) groups excluding carboxylic acids is 12. The second kappa shape index (κ2) is 62.4. The molecular formula is C75H126O25. The molecule has 1 N–H and O–H groups in total. The van der Waals surface area contributed by atoms with Crippen LogP contribution in [0.25, 0.3) is 0 Å². The van der Waals surface area contributed by atoms with Crippen LogP contribution in [0.15, 0.2) is 0 Å². The Morgan fingerprint density at radius 2 is 0.500 bits per heavy atom. The average molecular weight is 1430 g/mol. The van der Waals surface area contributed by atoms with Crippen molar-refractivity contribution in [1.29, 1.82) is 0 Å². The van der Waals surface area contributed by atoms with Crippen molar-refractivity contribution >= 4 is 71.6 Å². The first-order chi connectivity index (χ1) is 48.3. The van der Waals surface area contributed by atoms with Gasteiger partial charge in [0.1, 0.15) is 19.3 Å². The van der Waals surface area contributed by atoms with Gasteiger partial charge in [0.25, 0.3) is 0 Å². The van der Waals surface area contributed by atoms with Crippen LogP contribution in [0.4, 0.5) is 0 Å². The van der Waals surface area contributed by atoms with Gasteiger partial charge in [0.15, 0.2) is 0 Å². The van der Waals surface area contributed by atoms with E-state index in [2.05, 4.69) is 0 Å². The molecule has 1 aliphatic carbocycles. The van der Waals surface area contributed by atoms with Gasteiger partial charge in [0, 0.05) is 57.8 Å². The van der Waals surface area contributed by atoms with E-state index in [-0.39, 0.29) is 152 Å². The molecule has 0 saturated heterocycles. The molecule has 0 aromatic heterocycles. The molecule has 0 radical (unpaired) electrons. The number of unbranched alkanes of at least 4 members (excludes halogenated alkanes) is 19. The van der Waals surface area contributed by atoms with E-state index in [0.29, 0.717) is 212 Å². The number of aliphatic hydroxyl groups excluding tert-OH is 1. The van der Waals surface area contributed by atoms with Crippen LogP contribution in [0, 0.1) is 17.3 Å². The molecule has 0 heterocycles. The highest BCUT2D eigenvalue weighted by Crippen LogP contribution is 2.32. The van der Waals surface area contributed by atoms with Gasteiger partial charge in [-0.2, -0.15) is 0 Å². The number of esters is 12. The molecule has 1 aliphatic rings. The van der Waals surface area contributed by atoms with Gasteiger partial charge in [-0.05, 0) is 213 Å². The van der Waals surface area contributed by atoms with Crippen molar-refractivity contribution in [1.82, 2.24) is 0 Å². The van der Waals surface area contributed by atoms with Crippen LogP contribution in [-0.4, -0.2) is 162 Å². The van der Waals surface area contributed by atoms with E-state index in [1.54, 1.807) is 13.8 Å². The Morgan fingerprint density at radius 3 is 0.730 bits per heavy atom. The fourth-order valence-electron chi connectivity index (χ4n) is 10.2. The van der Waals surface area contributed by atoms with Crippen LogP contribution >= 0.6 is 0 Å². The maximum absolute atomic E-state index is 12.9. The number of ether oxygens (including phenoxy) is 12. The highest BCUT2D eigenvalue weighted by atomic mass is 16.6. The molecule has 1 rings (SSSR count). The first-order valence-electron chi connectivity index (χ1n) is 37.9. The molecule has 3 atom stereocenters. The molecular weight excluding hydrogens is 1300 g/mol. The third-order valence-electron chi connectivity index (χ3n) is 17.0. The summed E-state index contributed by atoms with van der Waals surface area (Å²) in [7, 11) is 0. The summed E-state index contributed by atoms with van der Waals surface area (Å²) >= 11 is 0. The summed E-state index contributed by atoms with van der Waals surface area (Å²) in [6.45, 7) is 9.63. The van der Waals surface area contributed by atoms with Crippen LogP contribution in [0.1, 0.15) is 304 Å². The van der Waals surface area contributed by atoms with E-state index in [9.17, 15) is 62.6 Å². The molecule has 0 spiro atoms. The van der Waals surface area contributed by atoms with Gasteiger partial charge in [0.2, 0.25) is 0 Å². The Bertz CT molecular complexity index is 2270. The van der Waals surface area contributed by atoms with E-state index < -0.39 is 41.3 Å². The van der Waals surface area contributed by atoms with E-state index in [0.717, 1.165) is 44.9 Å². The maximum Gasteiger partial charge on any atom is 0.311 e. The Morgan fingerprint density at radius 1 is 0.290 bits per heavy atom. The standard InChI is InChI=1S/C75H126O25/c1-5-7-48-89-63(77)39-17-8-28-49-90-64(78)40-18-9-29-50-91-65(79)41-19-10-30-51-92-66(80)42-20-11-31-52-93-67(81)43-21-12-32-53-94-68(82)44-22-13-33-54-95-69(83)45-23-14-34-55-96-70(84)46-24-15-35-56-97-71(85)47-25-16-36-57-98-72(86)61-37-26-27-38-62(61)73(87)99-58-60(76)59-100-74(88)75(3,4)6-2/h60-62,76H,5-59H2,1-4H3. The Labute approximate surface area is 595 Å². The van der Waals surface area contributed by atoms with Crippen LogP contribution in [0.3, 0.4) is 0 Å². The van der Waals surface area contributed by atoms with Crippen LogP contribution in [-0.2, 0) is 114 Å². The smallest absolute Gasteiger partial charge is 0.311 e. The number of rotatable bonds is 65. The van der Waals surface area contributed by atoms with Crippen molar-refractivity contribution < 1.29 is 119 Å². The minimum absolute atomic E-state index is 0.156. The average Bonchev–Trinajstić information content (AvgIpc) is 0.845. The molecule has 25 heteroatoms. The molecule has 0 aromatic carbocycles. The van der Waals surface area contributed by atoms with E-state index in [1.807, 2.05) is 13.8 Å². The lowest BCUT2D eigenvalue weighted by molar-refractivity contribution is -0.167. The summed E-state index contributed by atoms with van der Waals surface area (Å²) in [5, 5.41) is 10.2. The first-order valence-corrected chi connectivity index (χ1v) is 37.9. The molecule has 25 nitrogen and oxygen atoms in total. The SMILES string of the molecule is CCCCOC(=O)CCCCCOC(=O)CCCCCOC(=O)CCCCCOC(=O)CCCCCOC(=O)CCCCCOC(=O)CCCCCOC(=O)CCCCCOC(=O)CCCCCOC(=O)CCCCCOC(=O)C1CCCCC1C(=O)OCC(O)COC(=O)C(C)(C)CC. The van der Waals surface area contributed by atoms with E-state index in [1.165, 1.54) is 0 Å². The van der Waals surface area contributed by atoms with Crippen molar-refractivity contribution in [2.75, 3.05) is 79.3 Å². The summed E-state index contributed by atoms with van der Waals surface area (Å²) in [4.78, 5) is 146.